The third-order valence-electron chi connectivity index (χ3n) is 6.23. The van der Waals surface area contributed by atoms with Crippen molar-refractivity contribution in [2.45, 2.75) is 32.7 Å². The fourth-order valence-corrected chi connectivity index (χ4v) is 4.11. The molecule has 0 spiro atoms. The number of fused-ring (bicyclic) bond motifs is 1. The topological polar surface area (TPSA) is 91.6 Å². The SMILES string of the molecule is CC(C)CNc1nc(-c2ccc(C(=O)N(C)Cl)cc2)cn2c(-c3ccc(C(=O)NC4CC4)cc3)cnc12. The van der Waals surface area contributed by atoms with Crippen LogP contribution in [0, 0.1) is 5.92 Å². The molecule has 0 bridgehead atoms. The Morgan fingerprint density at radius 3 is 2.32 bits per heavy atom. The summed E-state index contributed by atoms with van der Waals surface area (Å²) in [4.78, 5) is 34.1. The van der Waals surface area contributed by atoms with Crippen molar-refractivity contribution in [2.24, 2.45) is 5.92 Å². The Morgan fingerprint density at radius 2 is 1.70 bits per heavy atom. The fraction of sp³-hybridized carbons (Fsp3) is 0.286. The number of nitrogens with zero attached hydrogens (tertiary/aromatic N) is 4. The van der Waals surface area contributed by atoms with Gasteiger partial charge in [-0.2, -0.15) is 0 Å². The van der Waals surface area contributed by atoms with Crippen LogP contribution in [0.15, 0.2) is 60.9 Å². The van der Waals surface area contributed by atoms with Crippen molar-refractivity contribution in [2.75, 3.05) is 18.9 Å². The van der Waals surface area contributed by atoms with E-state index in [-0.39, 0.29) is 11.8 Å². The molecule has 2 amide bonds. The number of anilines is 1. The van der Waals surface area contributed by atoms with Crippen LogP contribution in [0.4, 0.5) is 5.82 Å². The minimum absolute atomic E-state index is 0.0406. The summed E-state index contributed by atoms with van der Waals surface area (Å²) in [6.07, 6.45) is 5.87. The molecule has 1 aliphatic rings. The molecule has 37 heavy (non-hydrogen) atoms. The van der Waals surface area contributed by atoms with Gasteiger partial charge in [-0.15, -0.1) is 0 Å². The Labute approximate surface area is 220 Å². The lowest BCUT2D eigenvalue weighted by Crippen LogP contribution is -2.25. The molecule has 9 heteroatoms. The standard InChI is InChI=1S/C28H29ClN6O2/c1-17(2)14-30-25-26-31-15-24(19-6-8-20(9-7-19)27(36)32-22-12-13-22)35(26)16-23(33-25)18-4-10-21(11-5-18)28(37)34(3)29/h4-11,15-17,22H,12-14H2,1-3H3,(H,30,33)(H,32,36). The first-order valence-corrected chi connectivity index (χ1v) is 12.7. The predicted octanol–water partition coefficient (Wildman–Crippen LogP) is 5.25. The molecule has 8 nitrogen and oxygen atoms in total. The van der Waals surface area contributed by atoms with Crippen LogP contribution in [0.25, 0.3) is 28.2 Å². The van der Waals surface area contributed by atoms with Crippen LogP contribution in [0.3, 0.4) is 0 Å². The monoisotopic (exact) mass is 516 g/mol. The molecule has 0 unspecified atom stereocenters. The van der Waals surface area contributed by atoms with Gasteiger partial charge in [0.15, 0.2) is 11.5 Å². The minimum Gasteiger partial charge on any atom is -0.367 e. The fourth-order valence-electron chi connectivity index (χ4n) is 4.01. The lowest BCUT2D eigenvalue weighted by Gasteiger charge is -2.13. The first-order chi connectivity index (χ1) is 17.8. The number of carbonyl (C=O) groups excluding carboxylic acids is 2. The largest absolute Gasteiger partial charge is 0.367 e. The third-order valence-corrected chi connectivity index (χ3v) is 6.39. The molecule has 1 saturated carbocycles. The summed E-state index contributed by atoms with van der Waals surface area (Å²) >= 11 is 5.81. The Kier molecular flexibility index (Phi) is 6.84. The molecule has 0 aliphatic heterocycles. The summed E-state index contributed by atoms with van der Waals surface area (Å²) in [6.45, 7) is 5.01. The quantitative estimate of drug-likeness (QED) is 0.312. The summed E-state index contributed by atoms with van der Waals surface area (Å²) in [7, 11) is 1.51. The molecular formula is C28H29ClN6O2. The Bertz CT molecular complexity index is 1440. The highest BCUT2D eigenvalue weighted by molar-refractivity contribution is 6.23. The Hall–Kier alpha value is -3.91. The van der Waals surface area contributed by atoms with E-state index in [2.05, 4.69) is 29.5 Å². The van der Waals surface area contributed by atoms with Gasteiger partial charge in [-0.05, 0) is 43.0 Å². The second-order valence-electron chi connectivity index (χ2n) is 9.77. The molecule has 0 atom stereocenters. The number of imidazole rings is 1. The van der Waals surface area contributed by atoms with Gasteiger partial charge in [-0.25, -0.2) is 9.97 Å². The van der Waals surface area contributed by atoms with Crippen LogP contribution in [-0.2, 0) is 0 Å². The van der Waals surface area contributed by atoms with Crippen LogP contribution < -0.4 is 10.6 Å². The highest BCUT2D eigenvalue weighted by Gasteiger charge is 2.24. The highest BCUT2D eigenvalue weighted by Crippen LogP contribution is 2.29. The van der Waals surface area contributed by atoms with Crippen LogP contribution in [0.5, 0.6) is 0 Å². The molecule has 2 aromatic heterocycles. The van der Waals surface area contributed by atoms with E-state index >= 15 is 0 Å². The molecule has 2 heterocycles. The molecular weight excluding hydrogens is 488 g/mol. The van der Waals surface area contributed by atoms with Crippen molar-refractivity contribution < 1.29 is 9.59 Å². The smallest absolute Gasteiger partial charge is 0.267 e. The van der Waals surface area contributed by atoms with Gasteiger partial charge in [0.05, 0.1) is 17.6 Å². The molecule has 190 valence electrons. The lowest BCUT2D eigenvalue weighted by molar-refractivity contribution is 0.0884. The summed E-state index contributed by atoms with van der Waals surface area (Å²) in [5, 5.41) is 6.45. The van der Waals surface area contributed by atoms with Crippen molar-refractivity contribution in [3.8, 4) is 22.5 Å². The van der Waals surface area contributed by atoms with Gasteiger partial charge in [0.2, 0.25) is 0 Å². The molecule has 4 aromatic rings. The maximum atomic E-state index is 12.4. The van der Waals surface area contributed by atoms with E-state index in [0.717, 1.165) is 46.3 Å². The molecule has 1 fully saturated rings. The van der Waals surface area contributed by atoms with Gasteiger partial charge in [-0.1, -0.05) is 38.1 Å². The molecule has 1 aliphatic carbocycles. The average Bonchev–Trinajstić information content (AvgIpc) is 3.61. The zero-order chi connectivity index (χ0) is 26.1. The van der Waals surface area contributed by atoms with E-state index in [9.17, 15) is 9.59 Å². The number of carbonyl (C=O) groups is 2. The van der Waals surface area contributed by atoms with Crippen molar-refractivity contribution >= 4 is 35.1 Å². The van der Waals surface area contributed by atoms with Crippen LogP contribution in [-0.4, -0.2) is 50.2 Å². The summed E-state index contributed by atoms with van der Waals surface area (Å²) in [6, 6.07) is 15.1. The predicted molar refractivity (Wildman–Crippen MR) is 146 cm³/mol. The van der Waals surface area contributed by atoms with E-state index in [1.54, 1.807) is 12.1 Å². The number of benzene rings is 2. The van der Waals surface area contributed by atoms with Crippen molar-refractivity contribution in [1.29, 1.82) is 0 Å². The van der Waals surface area contributed by atoms with E-state index < -0.39 is 0 Å². The zero-order valence-electron chi connectivity index (χ0n) is 21.0. The Morgan fingerprint density at radius 1 is 1.05 bits per heavy atom. The minimum atomic E-state index is -0.276. The number of halogens is 1. The van der Waals surface area contributed by atoms with Crippen LogP contribution in [0.1, 0.15) is 47.4 Å². The molecule has 0 radical (unpaired) electrons. The number of nitrogens with one attached hydrogen (secondary N) is 2. The second kappa shape index (κ2) is 10.2. The molecule has 5 rings (SSSR count). The first kappa shape index (κ1) is 24.8. The van der Waals surface area contributed by atoms with Crippen LogP contribution in [0.2, 0.25) is 0 Å². The summed E-state index contributed by atoms with van der Waals surface area (Å²) < 4.78 is 3.04. The number of hydrogen-bond acceptors (Lipinski definition) is 5. The van der Waals surface area contributed by atoms with Gasteiger partial charge >= 0.3 is 0 Å². The molecule has 2 aromatic carbocycles. The van der Waals surface area contributed by atoms with E-state index in [1.807, 2.05) is 53.2 Å². The normalized spacial score (nSPS) is 13.1. The van der Waals surface area contributed by atoms with Gasteiger partial charge in [0.25, 0.3) is 11.8 Å². The zero-order valence-corrected chi connectivity index (χ0v) is 21.8. The van der Waals surface area contributed by atoms with Gasteiger partial charge < -0.3 is 10.6 Å². The number of rotatable bonds is 8. The number of amides is 2. The second-order valence-corrected chi connectivity index (χ2v) is 10.3. The highest BCUT2D eigenvalue weighted by atomic mass is 35.5. The molecule has 2 N–H and O–H groups in total. The summed E-state index contributed by atoms with van der Waals surface area (Å²) in [5.41, 5.74) is 5.26. The average molecular weight is 517 g/mol. The third kappa shape index (κ3) is 5.44. The lowest BCUT2D eigenvalue weighted by atomic mass is 10.1. The van der Waals surface area contributed by atoms with Crippen LogP contribution >= 0.6 is 11.8 Å². The number of hydrogen-bond donors (Lipinski definition) is 2. The van der Waals surface area contributed by atoms with E-state index in [0.29, 0.717) is 34.6 Å². The summed E-state index contributed by atoms with van der Waals surface area (Å²) in [5.74, 6) is 0.786. The number of aromatic nitrogens is 3. The van der Waals surface area contributed by atoms with E-state index in [4.69, 9.17) is 16.8 Å². The Balaban J connectivity index is 1.52. The van der Waals surface area contributed by atoms with Gasteiger partial charge in [0, 0.05) is 59.9 Å². The molecule has 0 saturated heterocycles. The van der Waals surface area contributed by atoms with Crippen molar-refractivity contribution in [3.05, 3.63) is 72.1 Å². The maximum Gasteiger partial charge on any atom is 0.267 e. The van der Waals surface area contributed by atoms with Crippen molar-refractivity contribution in [1.82, 2.24) is 24.1 Å². The maximum absolute atomic E-state index is 12.4. The van der Waals surface area contributed by atoms with E-state index in [1.165, 1.54) is 7.05 Å². The van der Waals surface area contributed by atoms with Crippen molar-refractivity contribution in [3.63, 3.8) is 0 Å². The van der Waals surface area contributed by atoms with Gasteiger partial charge in [0.1, 0.15) is 0 Å². The van der Waals surface area contributed by atoms with Gasteiger partial charge in [-0.3, -0.25) is 18.4 Å². The first-order valence-electron chi connectivity index (χ1n) is 12.4.